The van der Waals surface area contributed by atoms with Crippen LogP contribution in [0.4, 0.5) is 11.8 Å². The van der Waals surface area contributed by atoms with Gasteiger partial charge in [-0.1, -0.05) is 0 Å². The molecule has 1 aliphatic heterocycles. The van der Waals surface area contributed by atoms with E-state index in [2.05, 4.69) is 31.5 Å². The largest absolute Gasteiger partial charge is 0.432 e. The van der Waals surface area contributed by atoms with Crippen LogP contribution in [0.15, 0.2) is 22.9 Å². The zero-order valence-corrected chi connectivity index (χ0v) is 11.2. The second-order valence-electron chi connectivity index (χ2n) is 5.52. The van der Waals surface area contributed by atoms with E-state index in [4.69, 9.17) is 4.42 Å². The lowest BCUT2D eigenvalue weighted by Crippen LogP contribution is -2.50. The minimum Gasteiger partial charge on any atom is -0.432 e. The molecule has 2 aromatic rings. The van der Waals surface area contributed by atoms with Gasteiger partial charge in [0.15, 0.2) is 5.82 Å². The zero-order valence-electron chi connectivity index (χ0n) is 11.2. The SMILES string of the molecule is c1coc(NCC2CN(c3cc4c(nn3)CCC4)C2)n1. The fourth-order valence-corrected chi connectivity index (χ4v) is 2.90. The van der Waals surface area contributed by atoms with Crippen LogP contribution in [0.2, 0.25) is 0 Å². The maximum Gasteiger partial charge on any atom is 0.294 e. The van der Waals surface area contributed by atoms with Crippen molar-refractivity contribution in [3.8, 4) is 0 Å². The van der Waals surface area contributed by atoms with Crippen molar-refractivity contribution in [1.29, 1.82) is 0 Å². The number of aromatic nitrogens is 3. The number of fused-ring (bicyclic) bond motifs is 1. The van der Waals surface area contributed by atoms with Gasteiger partial charge in [0.05, 0.1) is 11.9 Å². The first-order chi connectivity index (χ1) is 9.88. The first-order valence-electron chi connectivity index (χ1n) is 7.12. The van der Waals surface area contributed by atoms with Crippen molar-refractivity contribution in [1.82, 2.24) is 15.2 Å². The molecule has 6 heteroatoms. The summed E-state index contributed by atoms with van der Waals surface area (Å²) in [6.45, 7) is 2.91. The molecule has 2 aromatic heterocycles. The topological polar surface area (TPSA) is 67.1 Å². The number of hydrogen-bond acceptors (Lipinski definition) is 6. The van der Waals surface area contributed by atoms with E-state index in [9.17, 15) is 0 Å². The van der Waals surface area contributed by atoms with Crippen LogP contribution in [0.1, 0.15) is 17.7 Å². The van der Waals surface area contributed by atoms with Gasteiger partial charge in [-0.2, -0.15) is 5.10 Å². The number of rotatable bonds is 4. The predicted octanol–water partition coefficient (Wildman–Crippen LogP) is 1.50. The van der Waals surface area contributed by atoms with E-state index >= 15 is 0 Å². The van der Waals surface area contributed by atoms with Gasteiger partial charge in [0.25, 0.3) is 6.01 Å². The van der Waals surface area contributed by atoms with E-state index in [0.717, 1.165) is 38.3 Å². The summed E-state index contributed by atoms with van der Waals surface area (Å²) in [5.74, 6) is 1.63. The molecule has 20 heavy (non-hydrogen) atoms. The van der Waals surface area contributed by atoms with Crippen LogP contribution in [-0.4, -0.2) is 34.8 Å². The van der Waals surface area contributed by atoms with Crippen molar-refractivity contribution in [2.24, 2.45) is 5.92 Å². The Hall–Kier alpha value is -2.11. The lowest BCUT2D eigenvalue weighted by Gasteiger charge is -2.39. The third kappa shape index (κ3) is 2.11. The van der Waals surface area contributed by atoms with Gasteiger partial charge in [0.2, 0.25) is 0 Å². The number of anilines is 2. The summed E-state index contributed by atoms with van der Waals surface area (Å²) in [7, 11) is 0. The van der Waals surface area contributed by atoms with Crippen LogP contribution in [0.3, 0.4) is 0 Å². The quantitative estimate of drug-likeness (QED) is 0.909. The molecule has 3 heterocycles. The van der Waals surface area contributed by atoms with Crippen molar-refractivity contribution in [3.05, 3.63) is 29.8 Å². The van der Waals surface area contributed by atoms with Crippen LogP contribution < -0.4 is 10.2 Å². The van der Waals surface area contributed by atoms with Crippen LogP contribution >= 0.6 is 0 Å². The predicted molar refractivity (Wildman–Crippen MR) is 74.8 cm³/mol. The Balaban J connectivity index is 1.32. The minimum atomic E-state index is 0.598. The van der Waals surface area contributed by atoms with Gasteiger partial charge in [-0.25, -0.2) is 4.98 Å². The normalized spacial score (nSPS) is 17.9. The minimum absolute atomic E-state index is 0.598. The molecule has 1 aliphatic carbocycles. The molecule has 104 valence electrons. The lowest BCUT2D eigenvalue weighted by molar-refractivity contribution is 0.420. The maximum absolute atomic E-state index is 5.16. The summed E-state index contributed by atoms with van der Waals surface area (Å²) >= 11 is 0. The van der Waals surface area contributed by atoms with Crippen LogP contribution in [0, 0.1) is 5.92 Å². The standard InChI is InChI=1S/C14H17N5O/c1-2-11-6-13(18-17-12(11)3-1)19-8-10(9-19)7-16-14-15-4-5-20-14/h4-6,10H,1-3,7-9H2,(H,15,16). The first kappa shape index (κ1) is 11.7. The monoisotopic (exact) mass is 271 g/mol. The lowest BCUT2D eigenvalue weighted by atomic mass is 10.00. The Bertz CT molecular complexity index is 592. The zero-order chi connectivity index (χ0) is 13.4. The van der Waals surface area contributed by atoms with Gasteiger partial charge in [0.1, 0.15) is 6.26 Å². The molecule has 4 rings (SSSR count). The summed E-state index contributed by atoms with van der Waals surface area (Å²) in [5, 5.41) is 11.9. The molecule has 0 unspecified atom stereocenters. The summed E-state index contributed by atoms with van der Waals surface area (Å²) in [5.41, 5.74) is 2.58. The summed E-state index contributed by atoms with van der Waals surface area (Å²) in [4.78, 5) is 6.33. The molecule has 0 radical (unpaired) electrons. The highest BCUT2D eigenvalue weighted by molar-refractivity contribution is 5.45. The summed E-state index contributed by atoms with van der Waals surface area (Å²) in [6, 6.07) is 2.81. The van der Waals surface area contributed by atoms with Gasteiger partial charge in [-0.05, 0) is 30.9 Å². The molecule has 1 fully saturated rings. The van der Waals surface area contributed by atoms with Crippen molar-refractivity contribution in [3.63, 3.8) is 0 Å². The molecule has 0 spiro atoms. The molecule has 0 aromatic carbocycles. The van der Waals surface area contributed by atoms with Crippen molar-refractivity contribution in [2.45, 2.75) is 19.3 Å². The van der Waals surface area contributed by atoms with Gasteiger partial charge in [-0.15, -0.1) is 5.10 Å². The van der Waals surface area contributed by atoms with E-state index in [1.165, 1.54) is 17.7 Å². The average Bonchev–Trinajstić information content (AvgIpc) is 3.07. The Kier molecular flexibility index (Phi) is 2.79. The molecule has 1 N–H and O–H groups in total. The third-order valence-corrected chi connectivity index (χ3v) is 4.06. The maximum atomic E-state index is 5.16. The van der Waals surface area contributed by atoms with Gasteiger partial charge < -0.3 is 14.6 Å². The second kappa shape index (κ2) is 4.77. The highest BCUT2D eigenvalue weighted by Crippen LogP contribution is 2.27. The smallest absolute Gasteiger partial charge is 0.294 e. The second-order valence-corrected chi connectivity index (χ2v) is 5.52. The van der Waals surface area contributed by atoms with Crippen molar-refractivity contribution < 1.29 is 4.42 Å². The highest BCUT2D eigenvalue weighted by Gasteiger charge is 2.29. The fourth-order valence-electron chi connectivity index (χ4n) is 2.90. The molecule has 6 nitrogen and oxygen atoms in total. The Morgan fingerprint density at radius 3 is 3.10 bits per heavy atom. The van der Waals surface area contributed by atoms with E-state index in [-0.39, 0.29) is 0 Å². The molecule has 0 amide bonds. The van der Waals surface area contributed by atoms with Crippen molar-refractivity contribution in [2.75, 3.05) is 29.9 Å². The van der Waals surface area contributed by atoms with Crippen molar-refractivity contribution >= 4 is 11.8 Å². The Morgan fingerprint density at radius 2 is 2.25 bits per heavy atom. The molecule has 0 saturated carbocycles. The molecule has 2 aliphatic rings. The summed E-state index contributed by atoms with van der Waals surface area (Å²) < 4.78 is 5.16. The average molecular weight is 271 g/mol. The Morgan fingerprint density at radius 1 is 1.30 bits per heavy atom. The van der Waals surface area contributed by atoms with Gasteiger partial charge in [-0.3, -0.25) is 0 Å². The molecule has 0 atom stereocenters. The first-order valence-corrected chi connectivity index (χ1v) is 7.12. The highest BCUT2D eigenvalue weighted by atomic mass is 16.4. The van der Waals surface area contributed by atoms with E-state index in [0.29, 0.717) is 11.9 Å². The number of nitrogens with one attached hydrogen (secondary N) is 1. The number of aryl methyl sites for hydroxylation is 2. The van der Waals surface area contributed by atoms with E-state index < -0.39 is 0 Å². The fraction of sp³-hybridized carbons (Fsp3) is 0.500. The van der Waals surface area contributed by atoms with Crippen LogP contribution in [0.5, 0.6) is 0 Å². The number of oxazole rings is 1. The van der Waals surface area contributed by atoms with Gasteiger partial charge in [0, 0.05) is 25.6 Å². The Labute approximate surface area is 117 Å². The van der Waals surface area contributed by atoms with Crippen LogP contribution in [0.25, 0.3) is 0 Å². The molecule has 1 saturated heterocycles. The van der Waals surface area contributed by atoms with E-state index in [1.807, 2.05) is 0 Å². The number of hydrogen-bond donors (Lipinski definition) is 1. The molecule has 0 bridgehead atoms. The number of nitrogens with zero attached hydrogens (tertiary/aromatic N) is 4. The molecular weight excluding hydrogens is 254 g/mol. The summed E-state index contributed by atoms with van der Waals surface area (Å²) in [6.07, 6.45) is 6.69. The molecular formula is C14H17N5O. The van der Waals surface area contributed by atoms with Crippen LogP contribution in [-0.2, 0) is 12.8 Å². The van der Waals surface area contributed by atoms with Gasteiger partial charge >= 0.3 is 0 Å². The third-order valence-electron chi connectivity index (χ3n) is 4.06. The van der Waals surface area contributed by atoms with E-state index in [1.54, 1.807) is 12.5 Å².